The zero-order chi connectivity index (χ0) is 27.4. The maximum absolute atomic E-state index is 15.0. The molecule has 0 atom stereocenters. The molecule has 0 bridgehead atoms. The Morgan fingerprint density at radius 3 is 2.67 bits per heavy atom. The fourth-order valence-electron chi connectivity index (χ4n) is 3.75. The van der Waals surface area contributed by atoms with Crippen molar-refractivity contribution in [1.82, 2.24) is 15.3 Å². The Balaban J connectivity index is 1.25. The molecule has 192 valence electrons. The first-order chi connectivity index (χ1) is 18.9. The number of hydrogen-bond acceptors (Lipinski definition) is 6. The minimum atomic E-state index is -0.634. The third-order valence-corrected chi connectivity index (χ3v) is 6.90. The summed E-state index contributed by atoms with van der Waals surface area (Å²) in [5.41, 5.74) is 2.60. The average molecular weight is 557 g/mol. The van der Waals surface area contributed by atoms with Crippen LogP contribution in [0.3, 0.4) is 0 Å². The van der Waals surface area contributed by atoms with Crippen LogP contribution in [-0.2, 0) is 11.2 Å². The first-order valence-electron chi connectivity index (χ1n) is 11.5. The van der Waals surface area contributed by atoms with E-state index in [-0.39, 0.29) is 22.8 Å². The number of thiocarbonyl (C=S) groups is 1. The zero-order valence-corrected chi connectivity index (χ0v) is 21.7. The van der Waals surface area contributed by atoms with E-state index in [9.17, 15) is 13.6 Å². The van der Waals surface area contributed by atoms with Crippen molar-refractivity contribution in [3.63, 3.8) is 0 Å². The van der Waals surface area contributed by atoms with Crippen LogP contribution in [0.25, 0.3) is 20.8 Å². The summed E-state index contributed by atoms with van der Waals surface area (Å²) in [5.74, 6) is 1.24. The standard InChI is InChI=1S/C29H18F2N4O2S2/c1-2-17-13-19(30)7-6-18(17)14-27(36)35-29(38)34-20-8-9-24(21(31)15-20)37-25-10-12-33-23-16-26(39-28(23)25)22-5-3-4-11-32-22/h1,3-13,15-16H,14H2,(H2,34,35,36,38). The highest BCUT2D eigenvalue weighted by molar-refractivity contribution is 7.80. The molecule has 0 aliphatic heterocycles. The van der Waals surface area contributed by atoms with E-state index >= 15 is 0 Å². The molecule has 6 nitrogen and oxygen atoms in total. The quantitative estimate of drug-likeness (QED) is 0.185. The molecule has 0 unspecified atom stereocenters. The van der Waals surface area contributed by atoms with E-state index in [0.29, 0.717) is 22.5 Å². The first kappa shape index (κ1) is 25.9. The first-order valence-corrected chi connectivity index (χ1v) is 12.8. The van der Waals surface area contributed by atoms with Crippen LogP contribution in [0.15, 0.2) is 79.1 Å². The lowest BCUT2D eigenvalue weighted by molar-refractivity contribution is -0.119. The molecular formula is C29H18F2N4O2S2. The van der Waals surface area contributed by atoms with Gasteiger partial charge in [0.15, 0.2) is 16.7 Å². The maximum Gasteiger partial charge on any atom is 0.230 e. The molecule has 0 saturated heterocycles. The van der Waals surface area contributed by atoms with Crippen LogP contribution in [0.5, 0.6) is 11.5 Å². The molecule has 0 aliphatic carbocycles. The second-order valence-corrected chi connectivity index (χ2v) is 9.68. The fourth-order valence-corrected chi connectivity index (χ4v) is 5.03. The Bertz CT molecular complexity index is 1750. The van der Waals surface area contributed by atoms with Gasteiger partial charge in [0.25, 0.3) is 0 Å². The van der Waals surface area contributed by atoms with Gasteiger partial charge >= 0.3 is 0 Å². The van der Waals surface area contributed by atoms with E-state index < -0.39 is 17.5 Å². The number of benzene rings is 2. The molecule has 39 heavy (non-hydrogen) atoms. The monoisotopic (exact) mass is 556 g/mol. The highest BCUT2D eigenvalue weighted by Gasteiger charge is 2.15. The minimum Gasteiger partial charge on any atom is -0.453 e. The molecule has 2 aromatic carbocycles. The van der Waals surface area contributed by atoms with E-state index in [1.807, 2.05) is 24.3 Å². The van der Waals surface area contributed by atoms with Crippen LogP contribution in [0.1, 0.15) is 11.1 Å². The highest BCUT2D eigenvalue weighted by atomic mass is 32.1. The second-order valence-electron chi connectivity index (χ2n) is 8.22. The summed E-state index contributed by atoms with van der Waals surface area (Å²) in [6.07, 6.45) is 8.60. The van der Waals surface area contributed by atoms with Gasteiger partial charge in [0.2, 0.25) is 5.91 Å². The van der Waals surface area contributed by atoms with Crippen LogP contribution in [0.2, 0.25) is 0 Å². The number of amides is 1. The number of nitrogens with zero attached hydrogens (tertiary/aromatic N) is 2. The predicted octanol–water partition coefficient (Wildman–Crippen LogP) is 6.47. The smallest absolute Gasteiger partial charge is 0.230 e. The number of thiophene rings is 1. The van der Waals surface area contributed by atoms with Gasteiger partial charge in [0.05, 0.1) is 27.2 Å². The molecule has 3 heterocycles. The lowest BCUT2D eigenvalue weighted by Gasteiger charge is -2.12. The number of ether oxygens (including phenoxy) is 1. The predicted molar refractivity (Wildman–Crippen MR) is 152 cm³/mol. The molecular weight excluding hydrogens is 538 g/mol. The van der Waals surface area contributed by atoms with Crippen LogP contribution < -0.4 is 15.4 Å². The molecule has 0 fully saturated rings. The van der Waals surface area contributed by atoms with E-state index in [2.05, 4.69) is 26.5 Å². The highest BCUT2D eigenvalue weighted by Crippen LogP contribution is 2.39. The van der Waals surface area contributed by atoms with Gasteiger partial charge in [-0.2, -0.15) is 0 Å². The SMILES string of the molecule is C#Cc1cc(F)ccc1CC(=O)NC(=S)Nc1ccc(Oc2ccnc3cc(-c4ccccn4)sc23)c(F)c1. The van der Waals surface area contributed by atoms with Gasteiger partial charge in [-0.05, 0) is 60.2 Å². The largest absolute Gasteiger partial charge is 0.453 e. The van der Waals surface area contributed by atoms with Gasteiger partial charge < -0.3 is 15.4 Å². The van der Waals surface area contributed by atoms with Crippen molar-refractivity contribution >= 4 is 50.5 Å². The van der Waals surface area contributed by atoms with Crippen LogP contribution in [0.4, 0.5) is 14.5 Å². The van der Waals surface area contributed by atoms with Crippen LogP contribution >= 0.6 is 23.6 Å². The van der Waals surface area contributed by atoms with Crippen LogP contribution in [-0.4, -0.2) is 21.0 Å². The van der Waals surface area contributed by atoms with Crippen molar-refractivity contribution in [3.8, 4) is 34.4 Å². The molecule has 2 N–H and O–H groups in total. The Morgan fingerprint density at radius 1 is 1.03 bits per heavy atom. The lowest BCUT2D eigenvalue weighted by atomic mass is 10.0. The second kappa shape index (κ2) is 11.3. The number of halogens is 2. The maximum atomic E-state index is 15.0. The molecule has 3 aromatic heterocycles. The van der Waals surface area contributed by atoms with Crippen molar-refractivity contribution in [2.45, 2.75) is 6.42 Å². The van der Waals surface area contributed by atoms with Crippen LogP contribution in [0, 0.1) is 24.0 Å². The molecule has 0 radical (unpaired) electrons. The minimum absolute atomic E-state index is 0.00825. The number of carbonyl (C=O) groups excluding carboxylic acids is 1. The number of carbonyl (C=O) groups is 1. The summed E-state index contributed by atoms with van der Waals surface area (Å²) in [6, 6.07) is 17.3. The van der Waals surface area contributed by atoms with E-state index in [0.717, 1.165) is 15.3 Å². The summed E-state index contributed by atoms with van der Waals surface area (Å²) >= 11 is 6.63. The number of fused-ring (bicyclic) bond motifs is 1. The Morgan fingerprint density at radius 2 is 1.90 bits per heavy atom. The molecule has 0 spiro atoms. The molecule has 0 aliphatic rings. The van der Waals surface area contributed by atoms with Gasteiger partial charge in [-0.15, -0.1) is 17.8 Å². The lowest BCUT2D eigenvalue weighted by Crippen LogP contribution is -2.35. The number of terminal acetylenes is 1. The molecule has 10 heteroatoms. The number of anilines is 1. The zero-order valence-electron chi connectivity index (χ0n) is 20.1. The third-order valence-electron chi connectivity index (χ3n) is 5.53. The van der Waals surface area contributed by atoms with Gasteiger partial charge in [0.1, 0.15) is 11.6 Å². The molecule has 1 amide bonds. The Labute approximate surface area is 231 Å². The number of hydrogen-bond donors (Lipinski definition) is 2. The molecule has 0 saturated carbocycles. The van der Waals surface area contributed by atoms with Gasteiger partial charge in [-0.1, -0.05) is 18.1 Å². The van der Waals surface area contributed by atoms with Crippen molar-refractivity contribution in [3.05, 3.63) is 102 Å². The fraction of sp³-hybridized carbons (Fsp3) is 0.0345. The van der Waals surface area contributed by atoms with Crippen molar-refractivity contribution in [2.75, 3.05) is 5.32 Å². The topological polar surface area (TPSA) is 76.1 Å². The van der Waals surface area contributed by atoms with Gasteiger partial charge in [-0.25, -0.2) is 8.78 Å². The summed E-state index contributed by atoms with van der Waals surface area (Å²) < 4.78 is 35.0. The van der Waals surface area contributed by atoms with Crippen molar-refractivity contribution < 1.29 is 18.3 Å². The number of pyridine rings is 2. The van der Waals surface area contributed by atoms with Gasteiger partial charge in [-0.3, -0.25) is 14.8 Å². The summed E-state index contributed by atoms with van der Waals surface area (Å²) in [4.78, 5) is 22.1. The number of rotatable bonds is 6. The van der Waals surface area contributed by atoms with Crippen molar-refractivity contribution in [1.29, 1.82) is 0 Å². The summed E-state index contributed by atoms with van der Waals surface area (Å²) in [7, 11) is 0. The summed E-state index contributed by atoms with van der Waals surface area (Å²) in [5, 5.41) is 5.24. The number of nitrogens with one attached hydrogen (secondary N) is 2. The normalized spacial score (nSPS) is 10.6. The van der Waals surface area contributed by atoms with Crippen molar-refractivity contribution in [2.24, 2.45) is 0 Å². The Hall–Kier alpha value is -4.72. The Kier molecular flexibility index (Phi) is 7.54. The van der Waals surface area contributed by atoms with E-state index in [1.165, 1.54) is 41.7 Å². The average Bonchev–Trinajstić information content (AvgIpc) is 3.37. The molecule has 5 rings (SSSR count). The van der Waals surface area contributed by atoms with E-state index in [4.69, 9.17) is 23.4 Å². The number of aromatic nitrogens is 2. The van der Waals surface area contributed by atoms with Gasteiger partial charge in [0, 0.05) is 35.8 Å². The third kappa shape index (κ3) is 6.06. The molecule has 5 aromatic rings. The summed E-state index contributed by atoms with van der Waals surface area (Å²) in [6.45, 7) is 0. The van der Waals surface area contributed by atoms with E-state index in [1.54, 1.807) is 24.5 Å².